The number of hydrogen-bond donors (Lipinski definition) is 2. The molecular formula is C22H25N3O8S. The highest BCUT2D eigenvalue weighted by Crippen LogP contribution is 2.42. The molecule has 1 aromatic heterocycles. The van der Waals surface area contributed by atoms with Crippen LogP contribution in [0.4, 0.5) is 5.69 Å². The van der Waals surface area contributed by atoms with Crippen molar-refractivity contribution in [3.05, 3.63) is 42.6 Å². The van der Waals surface area contributed by atoms with Crippen LogP contribution in [0.3, 0.4) is 0 Å². The Bertz CT molecular complexity index is 1320. The van der Waals surface area contributed by atoms with E-state index in [-0.39, 0.29) is 27.8 Å². The number of ether oxygens (including phenoxy) is 3. The molecule has 1 atom stereocenters. The number of nitrogens with two attached hydrogens (primary N) is 1. The second-order valence-corrected chi connectivity index (χ2v) is 9.13. The van der Waals surface area contributed by atoms with Gasteiger partial charge in [-0.2, -0.15) is 0 Å². The summed E-state index contributed by atoms with van der Waals surface area (Å²) in [5, 5.41) is 9.73. The number of carbonyl (C=O) groups excluding carboxylic acids is 1. The van der Waals surface area contributed by atoms with Gasteiger partial charge in [0.2, 0.25) is 5.75 Å². The van der Waals surface area contributed by atoms with Crippen LogP contribution in [0.1, 0.15) is 6.42 Å². The van der Waals surface area contributed by atoms with Gasteiger partial charge in [-0.3, -0.25) is 9.59 Å². The van der Waals surface area contributed by atoms with E-state index in [1.807, 2.05) is 11.6 Å². The molecular weight excluding hydrogens is 466 g/mol. The number of carboxylic acids is 1. The van der Waals surface area contributed by atoms with E-state index in [2.05, 4.69) is 0 Å². The molecule has 0 fully saturated rings. The zero-order valence-corrected chi connectivity index (χ0v) is 19.8. The Balaban J connectivity index is 2.25. The number of anilines is 1. The average molecular weight is 492 g/mol. The zero-order chi connectivity index (χ0) is 25.2. The van der Waals surface area contributed by atoms with Gasteiger partial charge >= 0.3 is 5.97 Å². The van der Waals surface area contributed by atoms with E-state index in [1.165, 1.54) is 45.6 Å². The first-order chi connectivity index (χ1) is 16.0. The third kappa shape index (κ3) is 4.50. The van der Waals surface area contributed by atoms with Crippen molar-refractivity contribution in [3.8, 4) is 17.2 Å². The van der Waals surface area contributed by atoms with Gasteiger partial charge < -0.3 is 29.6 Å². The van der Waals surface area contributed by atoms with E-state index >= 15 is 0 Å². The van der Waals surface area contributed by atoms with Crippen molar-refractivity contribution < 1.29 is 37.3 Å². The predicted molar refractivity (Wildman–Crippen MR) is 124 cm³/mol. The molecule has 0 aliphatic carbocycles. The molecule has 3 rings (SSSR count). The molecule has 3 aromatic rings. The van der Waals surface area contributed by atoms with E-state index in [4.69, 9.17) is 25.1 Å². The number of sulfonamides is 1. The molecule has 1 heterocycles. The van der Waals surface area contributed by atoms with Gasteiger partial charge in [0.25, 0.3) is 15.9 Å². The SMILES string of the molecule is COc1cc(N(C(=O)[C@@H](N)CC(=O)O)S(=O)(=O)c2ccc3c(ccn3C)c2)cc(OC)c1OC. The Kier molecular flexibility index (Phi) is 7.03. The van der Waals surface area contributed by atoms with E-state index < -0.39 is 34.4 Å². The Morgan fingerprint density at radius 1 is 1.06 bits per heavy atom. The zero-order valence-electron chi connectivity index (χ0n) is 19.0. The van der Waals surface area contributed by atoms with Gasteiger partial charge in [-0.25, -0.2) is 12.7 Å². The number of methoxy groups -OCH3 is 3. The molecule has 0 bridgehead atoms. The fraction of sp³-hybridized carbons (Fsp3) is 0.273. The van der Waals surface area contributed by atoms with Gasteiger partial charge in [-0.1, -0.05) is 0 Å². The number of fused-ring (bicyclic) bond motifs is 1. The lowest BCUT2D eigenvalue weighted by Crippen LogP contribution is -2.47. The van der Waals surface area contributed by atoms with Crippen LogP contribution in [0.25, 0.3) is 10.9 Å². The first-order valence-electron chi connectivity index (χ1n) is 9.96. The number of rotatable bonds is 9. The molecule has 12 heteroatoms. The van der Waals surface area contributed by atoms with E-state index in [0.29, 0.717) is 9.69 Å². The number of benzene rings is 2. The van der Waals surface area contributed by atoms with Crippen molar-refractivity contribution >= 4 is 38.5 Å². The minimum absolute atomic E-state index is 0.0927. The first-order valence-corrected chi connectivity index (χ1v) is 11.4. The lowest BCUT2D eigenvalue weighted by Gasteiger charge is -2.26. The molecule has 3 N–H and O–H groups in total. The van der Waals surface area contributed by atoms with Gasteiger partial charge in [0.1, 0.15) is 0 Å². The maximum atomic E-state index is 13.8. The standard InChI is InChI=1S/C22H25N3O8S/c1-24-8-7-13-9-15(5-6-17(13)24)34(29,30)25(22(28)16(23)12-20(26)27)14-10-18(31-2)21(33-4)19(11-14)32-3/h5-11,16H,12,23H2,1-4H3,(H,26,27)/t16-/m0/s1. The smallest absolute Gasteiger partial charge is 0.305 e. The summed E-state index contributed by atoms with van der Waals surface area (Å²) >= 11 is 0. The number of amides is 1. The lowest BCUT2D eigenvalue weighted by atomic mass is 10.2. The van der Waals surface area contributed by atoms with Crippen LogP contribution in [0.15, 0.2) is 47.5 Å². The van der Waals surface area contributed by atoms with Crippen LogP contribution in [-0.4, -0.2) is 57.3 Å². The van der Waals surface area contributed by atoms with Gasteiger partial charge in [0, 0.05) is 36.3 Å². The van der Waals surface area contributed by atoms with Crippen molar-refractivity contribution in [2.75, 3.05) is 25.6 Å². The average Bonchev–Trinajstić information content (AvgIpc) is 3.17. The van der Waals surface area contributed by atoms with Crippen LogP contribution in [0.5, 0.6) is 17.2 Å². The molecule has 34 heavy (non-hydrogen) atoms. The predicted octanol–water partition coefficient (Wildman–Crippen LogP) is 1.73. The Hall–Kier alpha value is -3.77. The molecule has 0 aliphatic rings. The first kappa shape index (κ1) is 24.9. The summed E-state index contributed by atoms with van der Waals surface area (Å²) in [6.45, 7) is 0. The highest BCUT2D eigenvalue weighted by Gasteiger charge is 2.36. The fourth-order valence-electron chi connectivity index (χ4n) is 3.52. The monoisotopic (exact) mass is 491 g/mol. The van der Waals surface area contributed by atoms with Gasteiger partial charge in [0.05, 0.1) is 44.4 Å². The minimum atomic E-state index is -4.54. The van der Waals surface area contributed by atoms with Crippen molar-refractivity contribution in [1.29, 1.82) is 0 Å². The van der Waals surface area contributed by atoms with Gasteiger partial charge in [0.15, 0.2) is 11.5 Å². The van der Waals surface area contributed by atoms with Crippen LogP contribution in [0.2, 0.25) is 0 Å². The van der Waals surface area contributed by atoms with E-state index in [0.717, 1.165) is 5.52 Å². The highest BCUT2D eigenvalue weighted by molar-refractivity contribution is 7.93. The maximum Gasteiger partial charge on any atom is 0.305 e. The molecule has 0 saturated heterocycles. The molecule has 2 aromatic carbocycles. The van der Waals surface area contributed by atoms with E-state index in [9.17, 15) is 18.0 Å². The molecule has 11 nitrogen and oxygen atoms in total. The second kappa shape index (κ2) is 9.61. The number of nitrogens with zero attached hydrogens (tertiary/aromatic N) is 2. The molecule has 1 amide bonds. The number of carbonyl (C=O) groups is 2. The summed E-state index contributed by atoms with van der Waals surface area (Å²) in [5.74, 6) is -2.12. The minimum Gasteiger partial charge on any atom is -0.493 e. The fourth-order valence-corrected chi connectivity index (χ4v) is 5.00. The summed E-state index contributed by atoms with van der Waals surface area (Å²) in [4.78, 5) is 24.2. The van der Waals surface area contributed by atoms with Crippen molar-refractivity contribution in [2.24, 2.45) is 12.8 Å². The number of aliphatic carboxylic acids is 1. The Morgan fingerprint density at radius 2 is 1.68 bits per heavy atom. The van der Waals surface area contributed by atoms with Crippen molar-refractivity contribution in [2.45, 2.75) is 17.4 Å². The maximum absolute atomic E-state index is 13.8. The summed E-state index contributed by atoms with van der Waals surface area (Å²) in [5.41, 5.74) is 6.42. The number of aromatic nitrogens is 1. The highest BCUT2D eigenvalue weighted by atomic mass is 32.2. The largest absolute Gasteiger partial charge is 0.493 e. The van der Waals surface area contributed by atoms with Gasteiger partial charge in [-0.05, 0) is 24.3 Å². The molecule has 0 radical (unpaired) electrons. The number of carboxylic acid groups (broad SMARTS) is 1. The van der Waals surface area contributed by atoms with Gasteiger partial charge in [-0.15, -0.1) is 0 Å². The molecule has 0 spiro atoms. The molecule has 0 aliphatic heterocycles. The third-order valence-electron chi connectivity index (χ3n) is 5.19. The summed E-state index contributed by atoms with van der Waals surface area (Å²) < 4.78 is 45.6. The van der Waals surface area contributed by atoms with Crippen molar-refractivity contribution in [3.63, 3.8) is 0 Å². The Morgan fingerprint density at radius 3 is 2.21 bits per heavy atom. The topological polar surface area (TPSA) is 150 Å². The normalized spacial score (nSPS) is 12.3. The van der Waals surface area contributed by atoms with Crippen LogP contribution < -0.4 is 24.2 Å². The third-order valence-corrected chi connectivity index (χ3v) is 6.91. The quantitative estimate of drug-likeness (QED) is 0.456. The number of hydrogen-bond acceptors (Lipinski definition) is 8. The lowest BCUT2D eigenvalue weighted by molar-refractivity contribution is -0.139. The Labute approximate surface area is 196 Å². The molecule has 0 saturated carbocycles. The summed E-state index contributed by atoms with van der Waals surface area (Å²) in [6.07, 6.45) is 0.999. The molecule has 0 unspecified atom stereocenters. The summed E-state index contributed by atoms with van der Waals surface area (Å²) in [7, 11) is 1.32. The van der Waals surface area contributed by atoms with Crippen LogP contribution in [-0.2, 0) is 26.7 Å². The van der Waals surface area contributed by atoms with Crippen LogP contribution in [0, 0.1) is 0 Å². The number of aryl methyl sites for hydroxylation is 1. The van der Waals surface area contributed by atoms with Crippen LogP contribution >= 0.6 is 0 Å². The summed E-state index contributed by atoms with van der Waals surface area (Å²) in [6, 6.07) is 7.03. The van der Waals surface area contributed by atoms with E-state index in [1.54, 1.807) is 18.3 Å². The van der Waals surface area contributed by atoms with Crippen molar-refractivity contribution in [1.82, 2.24) is 4.57 Å². The second-order valence-electron chi connectivity index (χ2n) is 7.34. The molecule has 182 valence electrons.